The third kappa shape index (κ3) is 2.93. The molecule has 2 aromatic heterocycles. The van der Waals surface area contributed by atoms with Gasteiger partial charge in [-0.05, 0) is 31.5 Å². The molecule has 0 bridgehead atoms. The fourth-order valence-corrected chi connectivity index (χ4v) is 1.58. The summed E-state index contributed by atoms with van der Waals surface area (Å²) in [5.41, 5.74) is 1.44. The molecule has 0 saturated carbocycles. The van der Waals surface area contributed by atoms with E-state index >= 15 is 0 Å². The van der Waals surface area contributed by atoms with Crippen LogP contribution >= 0.6 is 0 Å². The second-order valence-corrected chi connectivity index (χ2v) is 4.07. The van der Waals surface area contributed by atoms with Crippen LogP contribution in [-0.4, -0.2) is 9.97 Å². The minimum absolute atomic E-state index is 0.0254. The predicted octanol–water partition coefficient (Wildman–Crippen LogP) is 2.10. The Balaban J connectivity index is 1.97. The number of hydrogen-bond acceptors (Lipinski definition) is 5. The quantitative estimate of drug-likeness (QED) is 0.888. The average Bonchev–Trinajstić information content (AvgIpc) is 2.83. The van der Waals surface area contributed by atoms with Crippen molar-refractivity contribution in [1.82, 2.24) is 15.3 Å². The minimum atomic E-state index is 0.0254. The van der Waals surface area contributed by atoms with E-state index in [1.165, 1.54) is 0 Å². The number of hydrogen-bond donors (Lipinski definition) is 1. The highest BCUT2D eigenvalue weighted by molar-refractivity contribution is 5.25. The second kappa shape index (κ2) is 5.43. The SMILES string of the molecule is Cc1cnc(C(C)NCc2ccnc(C#N)c2)o1. The zero-order valence-corrected chi connectivity index (χ0v) is 10.3. The number of rotatable bonds is 4. The van der Waals surface area contributed by atoms with E-state index in [4.69, 9.17) is 9.68 Å². The van der Waals surface area contributed by atoms with E-state index in [-0.39, 0.29) is 6.04 Å². The molecule has 1 atom stereocenters. The molecule has 5 nitrogen and oxygen atoms in total. The molecule has 5 heteroatoms. The maximum absolute atomic E-state index is 8.76. The number of pyridine rings is 1. The molecule has 0 aliphatic heterocycles. The highest BCUT2D eigenvalue weighted by Gasteiger charge is 2.10. The Morgan fingerprint density at radius 1 is 1.50 bits per heavy atom. The Morgan fingerprint density at radius 3 is 3.00 bits per heavy atom. The van der Waals surface area contributed by atoms with Crippen molar-refractivity contribution >= 4 is 0 Å². The van der Waals surface area contributed by atoms with Gasteiger partial charge < -0.3 is 9.73 Å². The first kappa shape index (κ1) is 12.3. The average molecular weight is 242 g/mol. The molecule has 2 aromatic rings. The predicted molar refractivity (Wildman–Crippen MR) is 65.4 cm³/mol. The van der Waals surface area contributed by atoms with E-state index in [1.54, 1.807) is 18.5 Å². The third-order valence-corrected chi connectivity index (χ3v) is 2.56. The van der Waals surface area contributed by atoms with Crippen LogP contribution in [-0.2, 0) is 6.54 Å². The Hall–Kier alpha value is -2.19. The van der Waals surface area contributed by atoms with Gasteiger partial charge >= 0.3 is 0 Å². The summed E-state index contributed by atoms with van der Waals surface area (Å²) in [5, 5.41) is 12.0. The summed E-state index contributed by atoms with van der Waals surface area (Å²) < 4.78 is 5.44. The highest BCUT2D eigenvalue weighted by Crippen LogP contribution is 2.12. The van der Waals surface area contributed by atoms with E-state index < -0.39 is 0 Å². The van der Waals surface area contributed by atoms with Crippen molar-refractivity contribution in [2.75, 3.05) is 0 Å². The molecule has 2 heterocycles. The van der Waals surface area contributed by atoms with E-state index in [9.17, 15) is 0 Å². The van der Waals surface area contributed by atoms with Crippen molar-refractivity contribution in [3.05, 3.63) is 47.4 Å². The standard InChI is InChI=1S/C13H14N4O/c1-9-7-17-13(18-9)10(2)16-8-11-3-4-15-12(5-11)6-14/h3-5,7,10,16H,8H2,1-2H3. The molecule has 92 valence electrons. The van der Waals surface area contributed by atoms with Crippen LogP contribution in [0.2, 0.25) is 0 Å². The molecule has 0 saturated heterocycles. The van der Waals surface area contributed by atoms with Gasteiger partial charge in [0.25, 0.3) is 0 Å². The van der Waals surface area contributed by atoms with Gasteiger partial charge in [0, 0.05) is 12.7 Å². The number of aryl methyl sites for hydroxylation is 1. The Morgan fingerprint density at radius 2 is 2.33 bits per heavy atom. The molecule has 0 aliphatic carbocycles. The minimum Gasteiger partial charge on any atom is -0.444 e. The molecular formula is C13H14N4O. The zero-order valence-electron chi connectivity index (χ0n) is 10.3. The van der Waals surface area contributed by atoms with Gasteiger partial charge in [-0.15, -0.1) is 0 Å². The summed E-state index contributed by atoms with van der Waals surface area (Å²) in [6, 6.07) is 5.69. The van der Waals surface area contributed by atoms with Crippen LogP contribution in [0, 0.1) is 18.3 Å². The lowest BCUT2D eigenvalue weighted by Gasteiger charge is -2.10. The first-order valence-electron chi connectivity index (χ1n) is 5.70. The number of nitriles is 1. The van der Waals surface area contributed by atoms with Gasteiger partial charge in [-0.3, -0.25) is 0 Å². The fraction of sp³-hybridized carbons (Fsp3) is 0.308. The highest BCUT2D eigenvalue weighted by atomic mass is 16.4. The second-order valence-electron chi connectivity index (χ2n) is 4.07. The van der Waals surface area contributed by atoms with Crippen LogP contribution in [0.4, 0.5) is 0 Å². The first-order chi connectivity index (χ1) is 8.69. The van der Waals surface area contributed by atoms with Gasteiger partial charge in [-0.2, -0.15) is 5.26 Å². The maximum Gasteiger partial charge on any atom is 0.211 e. The van der Waals surface area contributed by atoms with Gasteiger partial charge in [0.05, 0.1) is 12.2 Å². The Bertz CT molecular complexity index is 570. The monoisotopic (exact) mass is 242 g/mol. The molecule has 0 aromatic carbocycles. The Kier molecular flexibility index (Phi) is 3.70. The maximum atomic E-state index is 8.76. The van der Waals surface area contributed by atoms with Crippen molar-refractivity contribution in [2.24, 2.45) is 0 Å². The van der Waals surface area contributed by atoms with Gasteiger partial charge in [0.15, 0.2) is 0 Å². The molecule has 0 fully saturated rings. The van der Waals surface area contributed by atoms with Gasteiger partial charge in [0.2, 0.25) is 5.89 Å². The van der Waals surface area contributed by atoms with Crippen LogP contribution in [0.15, 0.2) is 28.9 Å². The zero-order chi connectivity index (χ0) is 13.0. The van der Waals surface area contributed by atoms with E-state index in [1.807, 2.05) is 26.0 Å². The Labute approximate surface area is 105 Å². The van der Waals surface area contributed by atoms with Crippen molar-refractivity contribution in [2.45, 2.75) is 26.4 Å². The number of oxazole rings is 1. The van der Waals surface area contributed by atoms with Crippen molar-refractivity contribution in [3.63, 3.8) is 0 Å². The molecular weight excluding hydrogens is 228 g/mol. The smallest absolute Gasteiger partial charge is 0.211 e. The summed E-state index contributed by atoms with van der Waals surface area (Å²) in [7, 11) is 0. The summed E-state index contributed by atoms with van der Waals surface area (Å²) in [6.07, 6.45) is 3.34. The summed E-state index contributed by atoms with van der Waals surface area (Å²) in [5.74, 6) is 1.47. The first-order valence-corrected chi connectivity index (χ1v) is 5.70. The van der Waals surface area contributed by atoms with E-state index in [0.29, 0.717) is 18.1 Å². The molecule has 0 amide bonds. The fourth-order valence-electron chi connectivity index (χ4n) is 1.58. The van der Waals surface area contributed by atoms with Crippen LogP contribution in [0.25, 0.3) is 0 Å². The molecule has 0 aliphatic rings. The van der Waals surface area contributed by atoms with Crippen molar-refractivity contribution in [3.8, 4) is 6.07 Å². The number of nitrogens with one attached hydrogen (secondary N) is 1. The molecule has 0 spiro atoms. The van der Waals surface area contributed by atoms with E-state index in [2.05, 4.69) is 15.3 Å². The van der Waals surface area contributed by atoms with Gasteiger partial charge in [-0.25, -0.2) is 9.97 Å². The normalized spacial score (nSPS) is 12.1. The molecule has 2 rings (SSSR count). The van der Waals surface area contributed by atoms with Gasteiger partial charge in [0.1, 0.15) is 17.5 Å². The summed E-state index contributed by atoms with van der Waals surface area (Å²) in [4.78, 5) is 8.09. The third-order valence-electron chi connectivity index (χ3n) is 2.56. The molecule has 18 heavy (non-hydrogen) atoms. The lowest BCUT2D eigenvalue weighted by molar-refractivity contribution is 0.402. The van der Waals surface area contributed by atoms with Crippen molar-refractivity contribution in [1.29, 1.82) is 5.26 Å². The van der Waals surface area contributed by atoms with Crippen LogP contribution < -0.4 is 5.32 Å². The molecule has 0 radical (unpaired) electrons. The van der Waals surface area contributed by atoms with Crippen LogP contribution in [0.3, 0.4) is 0 Å². The lowest BCUT2D eigenvalue weighted by atomic mass is 10.2. The van der Waals surface area contributed by atoms with Gasteiger partial charge in [-0.1, -0.05) is 0 Å². The van der Waals surface area contributed by atoms with E-state index in [0.717, 1.165) is 11.3 Å². The topological polar surface area (TPSA) is 74.7 Å². The summed E-state index contributed by atoms with van der Waals surface area (Å²) in [6.45, 7) is 4.49. The number of nitrogens with zero attached hydrogens (tertiary/aromatic N) is 3. The van der Waals surface area contributed by atoms with Crippen molar-refractivity contribution < 1.29 is 4.42 Å². The van der Waals surface area contributed by atoms with Crippen LogP contribution in [0.1, 0.15) is 35.9 Å². The largest absolute Gasteiger partial charge is 0.444 e. The lowest BCUT2D eigenvalue weighted by Crippen LogP contribution is -2.18. The number of aromatic nitrogens is 2. The molecule has 1 unspecified atom stereocenters. The van der Waals surface area contributed by atoms with Crippen LogP contribution in [0.5, 0.6) is 0 Å². The molecule has 1 N–H and O–H groups in total. The summed E-state index contributed by atoms with van der Waals surface area (Å²) >= 11 is 0.